The van der Waals surface area contributed by atoms with E-state index in [1.54, 1.807) is 30.3 Å². The number of benzene rings is 3. The average molecular weight is 539 g/mol. The van der Waals surface area contributed by atoms with Gasteiger partial charge in [-0.1, -0.05) is 23.7 Å². The predicted octanol–water partition coefficient (Wildman–Crippen LogP) is 5.92. The summed E-state index contributed by atoms with van der Waals surface area (Å²) in [6.45, 7) is 2.67. The van der Waals surface area contributed by atoms with Crippen LogP contribution in [0.25, 0.3) is 6.08 Å². The number of methoxy groups -OCH3 is 1. The molecule has 2 N–H and O–H groups in total. The zero-order valence-corrected chi connectivity index (χ0v) is 21.6. The van der Waals surface area contributed by atoms with E-state index in [4.69, 9.17) is 30.9 Å². The summed E-state index contributed by atoms with van der Waals surface area (Å²) in [6.07, 6.45) is 1.70. The minimum absolute atomic E-state index is 0.167. The first-order valence-corrected chi connectivity index (χ1v) is 12.4. The van der Waals surface area contributed by atoms with Crippen LogP contribution < -0.4 is 19.5 Å². The Labute approximate surface area is 222 Å². The number of carbonyl (C=O) groups is 2. The van der Waals surface area contributed by atoms with Crippen molar-refractivity contribution in [3.05, 3.63) is 87.3 Å². The highest BCUT2D eigenvalue weighted by Gasteiger charge is 2.24. The molecule has 10 heteroatoms. The molecular weight excluding hydrogens is 516 g/mol. The first-order valence-electron chi connectivity index (χ1n) is 11.2. The number of carbonyl (C=O) groups excluding carboxylic acids is 1. The average Bonchev–Trinajstić information content (AvgIpc) is 3.22. The SMILES string of the molecule is CCOc1ccc(N=C2NC(=O)/C(=C\c3cc(Cl)c(OCc4ccc(C(=O)O)cc4)c(OC)c3)S2)cc1. The van der Waals surface area contributed by atoms with E-state index in [9.17, 15) is 9.59 Å². The van der Waals surface area contributed by atoms with Gasteiger partial charge in [0.2, 0.25) is 0 Å². The third-order valence-corrected chi connectivity index (χ3v) is 6.35. The van der Waals surface area contributed by atoms with Gasteiger partial charge in [0.25, 0.3) is 5.91 Å². The fourth-order valence-electron chi connectivity index (χ4n) is 3.39. The van der Waals surface area contributed by atoms with Gasteiger partial charge in [-0.05, 0) is 84.4 Å². The molecular formula is C27H23ClN2O6S. The lowest BCUT2D eigenvalue weighted by Gasteiger charge is -2.13. The fraction of sp³-hybridized carbons (Fsp3) is 0.148. The molecule has 0 aromatic heterocycles. The molecule has 1 fully saturated rings. The molecule has 190 valence electrons. The highest BCUT2D eigenvalue weighted by atomic mass is 35.5. The second-order valence-corrected chi connectivity index (χ2v) is 9.17. The number of thioether (sulfide) groups is 1. The first kappa shape index (κ1) is 26.1. The molecule has 0 saturated carbocycles. The highest BCUT2D eigenvalue weighted by Crippen LogP contribution is 2.38. The molecule has 8 nitrogen and oxygen atoms in total. The summed E-state index contributed by atoms with van der Waals surface area (Å²) in [6, 6.07) is 17.0. The summed E-state index contributed by atoms with van der Waals surface area (Å²) in [4.78, 5) is 28.5. The van der Waals surface area contributed by atoms with Crippen molar-refractivity contribution < 1.29 is 28.9 Å². The van der Waals surface area contributed by atoms with Crippen LogP contribution in [0.5, 0.6) is 17.2 Å². The van der Waals surface area contributed by atoms with E-state index in [1.807, 2.05) is 31.2 Å². The van der Waals surface area contributed by atoms with Gasteiger partial charge in [0, 0.05) is 0 Å². The van der Waals surface area contributed by atoms with Crippen molar-refractivity contribution in [2.24, 2.45) is 4.99 Å². The lowest BCUT2D eigenvalue weighted by Crippen LogP contribution is -2.19. The van der Waals surface area contributed by atoms with Crippen molar-refractivity contribution in [1.29, 1.82) is 0 Å². The monoisotopic (exact) mass is 538 g/mol. The Morgan fingerprint density at radius 2 is 1.84 bits per heavy atom. The van der Waals surface area contributed by atoms with Gasteiger partial charge in [0.1, 0.15) is 12.4 Å². The number of amidine groups is 1. The van der Waals surface area contributed by atoms with Gasteiger partial charge >= 0.3 is 5.97 Å². The zero-order chi connectivity index (χ0) is 26.4. The van der Waals surface area contributed by atoms with Gasteiger partial charge in [0.15, 0.2) is 16.7 Å². The number of hydrogen-bond acceptors (Lipinski definition) is 7. The molecule has 0 bridgehead atoms. The summed E-state index contributed by atoms with van der Waals surface area (Å²) in [5.74, 6) is 0.230. The minimum Gasteiger partial charge on any atom is -0.494 e. The van der Waals surface area contributed by atoms with Crippen LogP contribution in [0.3, 0.4) is 0 Å². The van der Waals surface area contributed by atoms with E-state index in [-0.39, 0.29) is 18.1 Å². The number of nitrogens with one attached hydrogen (secondary N) is 1. The number of aromatic carboxylic acids is 1. The smallest absolute Gasteiger partial charge is 0.335 e. The predicted molar refractivity (Wildman–Crippen MR) is 144 cm³/mol. The van der Waals surface area contributed by atoms with Crippen molar-refractivity contribution in [2.75, 3.05) is 13.7 Å². The summed E-state index contributed by atoms with van der Waals surface area (Å²) in [7, 11) is 1.50. The normalized spacial score (nSPS) is 15.1. The standard InChI is InChI=1S/C27H23ClN2O6S/c1-3-35-20-10-8-19(9-11-20)29-27-30-25(31)23(37-27)14-17-12-21(28)24(22(13-17)34-2)36-15-16-4-6-18(7-5-16)26(32)33/h4-14H,3,15H2,1-2H3,(H,32,33)(H,29,30,31)/b23-14+. The van der Waals surface area contributed by atoms with Gasteiger partial charge < -0.3 is 24.6 Å². The molecule has 4 rings (SSSR count). The molecule has 3 aromatic rings. The van der Waals surface area contributed by atoms with E-state index in [2.05, 4.69) is 10.3 Å². The summed E-state index contributed by atoms with van der Waals surface area (Å²) >= 11 is 7.71. The number of hydrogen-bond donors (Lipinski definition) is 2. The number of amides is 1. The van der Waals surface area contributed by atoms with Crippen molar-refractivity contribution in [1.82, 2.24) is 5.32 Å². The maximum atomic E-state index is 12.5. The van der Waals surface area contributed by atoms with Crippen LogP contribution >= 0.6 is 23.4 Å². The molecule has 1 saturated heterocycles. The number of ether oxygens (including phenoxy) is 3. The van der Waals surface area contributed by atoms with E-state index < -0.39 is 5.97 Å². The Morgan fingerprint density at radius 1 is 1.11 bits per heavy atom. The molecule has 0 aliphatic carbocycles. The Hall–Kier alpha value is -3.95. The van der Waals surface area contributed by atoms with Gasteiger partial charge in [0.05, 0.1) is 34.9 Å². The molecule has 0 spiro atoms. The quantitative estimate of drug-likeness (QED) is 0.326. The number of rotatable bonds is 9. The van der Waals surface area contributed by atoms with Gasteiger partial charge in [-0.3, -0.25) is 4.79 Å². The second kappa shape index (κ2) is 11.9. The molecule has 37 heavy (non-hydrogen) atoms. The summed E-state index contributed by atoms with van der Waals surface area (Å²) < 4.78 is 16.8. The lowest BCUT2D eigenvalue weighted by atomic mass is 10.1. The van der Waals surface area contributed by atoms with Crippen LogP contribution in [0.4, 0.5) is 5.69 Å². The van der Waals surface area contributed by atoms with E-state index in [0.29, 0.717) is 44.5 Å². The van der Waals surface area contributed by atoms with E-state index >= 15 is 0 Å². The molecule has 1 amide bonds. The van der Waals surface area contributed by atoms with Crippen LogP contribution in [0, 0.1) is 0 Å². The van der Waals surface area contributed by atoms with Crippen molar-refractivity contribution in [2.45, 2.75) is 13.5 Å². The van der Waals surface area contributed by atoms with Crippen LogP contribution in [0.15, 0.2) is 70.6 Å². The van der Waals surface area contributed by atoms with Crippen LogP contribution in [0.2, 0.25) is 5.02 Å². The lowest BCUT2D eigenvalue weighted by molar-refractivity contribution is -0.115. The number of nitrogens with zero attached hydrogens (tertiary/aromatic N) is 1. The third-order valence-electron chi connectivity index (χ3n) is 5.16. The Morgan fingerprint density at radius 3 is 2.49 bits per heavy atom. The first-order chi connectivity index (χ1) is 17.9. The maximum absolute atomic E-state index is 12.5. The largest absolute Gasteiger partial charge is 0.494 e. The molecule has 3 aromatic carbocycles. The maximum Gasteiger partial charge on any atom is 0.335 e. The Balaban J connectivity index is 1.48. The van der Waals surface area contributed by atoms with E-state index in [0.717, 1.165) is 11.3 Å². The zero-order valence-electron chi connectivity index (χ0n) is 20.0. The van der Waals surface area contributed by atoms with Crippen molar-refractivity contribution >= 4 is 52.2 Å². The molecule has 1 heterocycles. The van der Waals surface area contributed by atoms with Gasteiger partial charge in [-0.2, -0.15) is 0 Å². The molecule has 0 radical (unpaired) electrons. The Kier molecular flexibility index (Phi) is 8.37. The van der Waals surface area contributed by atoms with Crippen molar-refractivity contribution in [3.8, 4) is 17.2 Å². The molecule has 1 aliphatic rings. The number of aliphatic imine (C=N–C) groups is 1. The van der Waals surface area contributed by atoms with Crippen LogP contribution in [-0.2, 0) is 11.4 Å². The number of halogens is 1. The van der Waals surface area contributed by atoms with E-state index in [1.165, 1.54) is 31.0 Å². The minimum atomic E-state index is -0.995. The molecule has 0 atom stereocenters. The van der Waals surface area contributed by atoms with Crippen LogP contribution in [0.1, 0.15) is 28.4 Å². The summed E-state index contributed by atoms with van der Waals surface area (Å²) in [5, 5.41) is 12.6. The van der Waals surface area contributed by atoms with Gasteiger partial charge in [-0.25, -0.2) is 9.79 Å². The molecule has 0 unspecified atom stereocenters. The second-order valence-electron chi connectivity index (χ2n) is 7.73. The topological polar surface area (TPSA) is 106 Å². The highest BCUT2D eigenvalue weighted by molar-refractivity contribution is 8.18. The van der Waals surface area contributed by atoms with Gasteiger partial charge in [-0.15, -0.1) is 0 Å². The fourth-order valence-corrected chi connectivity index (χ4v) is 4.51. The third kappa shape index (κ3) is 6.63. The number of carboxylic acids is 1. The number of carboxylic acid groups (broad SMARTS) is 1. The summed E-state index contributed by atoms with van der Waals surface area (Å²) in [5.41, 5.74) is 2.31. The molecule has 1 aliphatic heterocycles. The van der Waals surface area contributed by atoms with Crippen molar-refractivity contribution in [3.63, 3.8) is 0 Å². The Bertz CT molecular complexity index is 1370. The van der Waals surface area contributed by atoms with Crippen LogP contribution in [-0.4, -0.2) is 35.9 Å².